The number of aromatic amines is 1. The fourth-order valence-electron chi connectivity index (χ4n) is 3.13. The number of rotatable bonds is 9. The minimum Gasteiger partial charge on any atom is -0.494 e. The van der Waals surface area contributed by atoms with Crippen LogP contribution in [0.25, 0.3) is 10.9 Å². The Kier molecular flexibility index (Phi) is 6.78. The number of aryl methyl sites for hydroxylation is 1. The topological polar surface area (TPSA) is 84.7 Å². The molecule has 2 aromatic carbocycles. The molecule has 0 spiro atoms. The summed E-state index contributed by atoms with van der Waals surface area (Å²) in [5.41, 5.74) is 9.31. The number of ether oxygens (including phenoxy) is 2. The average molecular weight is 380 g/mol. The van der Waals surface area contributed by atoms with E-state index in [9.17, 15) is 0 Å². The van der Waals surface area contributed by atoms with Crippen molar-refractivity contribution in [3.05, 3.63) is 54.2 Å². The molecule has 28 heavy (non-hydrogen) atoms. The monoisotopic (exact) mass is 380 g/mol. The zero-order valence-corrected chi connectivity index (χ0v) is 16.5. The van der Waals surface area contributed by atoms with Gasteiger partial charge in [-0.15, -0.1) is 0 Å². The average Bonchev–Trinajstić information content (AvgIpc) is 3.11. The van der Waals surface area contributed by atoms with Gasteiger partial charge in [-0.25, -0.2) is 0 Å². The van der Waals surface area contributed by atoms with Gasteiger partial charge in [0.25, 0.3) is 0 Å². The zero-order valence-electron chi connectivity index (χ0n) is 16.5. The molecule has 0 amide bonds. The molecule has 0 saturated heterocycles. The van der Waals surface area contributed by atoms with Crippen LogP contribution in [-0.4, -0.2) is 30.7 Å². The van der Waals surface area contributed by atoms with E-state index in [1.54, 1.807) is 0 Å². The summed E-state index contributed by atoms with van der Waals surface area (Å²) in [7, 11) is 0. The summed E-state index contributed by atoms with van der Waals surface area (Å²) in [6.45, 7) is 5.72. The van der Waals surface area contributed by atoms with E-state index in [2.05, 4.69) is 39.7 Å². The molecule has 0 aliphatic rings. The molecule has 1 aromatic heterocycles. The van der Waals surface area contributed by atoms with E-state index in [1.807, 2.05) is 38.1 Å². The SMILES string of the molecule is CCOc1ccc(OCC)c(NC(N)=NCCCc2c[nH]c3ccccc23)c1. The summed E-state index contributed by atoms with van der Waals surface area (Å²) in [6, 6.07) is 14.0. The van der Waals surface area contributed by atoms with Crippen LogP contribution in [0.5, 0.6) is 11.5 Å². The second-order valence-electron chi connectivity index (χ2n) is 6.38. The van der Waals surface area contributed by atoms with Gasteiger partial charge >= 0.3 is 0 Å². The van der Waals surface area contributed by atoms with Gasteiger partial charge < -0.3 is 25.5 Å². The lowest BCUT2D eigenvalue weighted by molar-refractivity contribution is 0.332. The summed E-state index contributed by atoms with van der Waals surface area (Å²) >= 11 is 0. The molecule has 0 atom stereocenters. The summed E-state index contributed by atoms with van der Waals surface area (Å²) in [5, 5.41) is 4.40. The van der Waals surface area contributed by atoms with Crippen molar-refractivity contribution >= 4 is 22.5 Å². The van der Waals surface area contributed by atoms with Crippen molar-refractivity contribution in [2.75, 3.05) is 25.1 Å². The molecule has 0 saturated carbocycles. The zero-order chi connectivity index (χ0) is 19.8. The first-order chi connectivity index (χ1) is 13.7. The van der Waals surface area contributed by atoms with E-state index in [1.165, 1.54) is 16.5 Å². The van der Waals surface area contributed by atoms with Crippen LogP contribution >= 0.6 is 0 Å². The van der Waals surface area contributed by atoms with Gasteiger partial charge in [-0.1, -0.05) is 18.2 Å². The molecule has 6 heteroatoms. The summed E-state index contributed by atoms with van der Waals surface area (Å²) in [6.07, 6.45) is 3.94. The van der Waals surface area contributed by atoms with Crippen LogP contribution in [0, 0.1) is 0 Å². The van der Waals surface area contributed by atoms with Crippen LogP contribution in [0.3, 0.4) is 0 Å². The number of nitrogens with zero attached hydrogens (tertiary/aromatic N) is 1. The third-order valence-electron chi connectivity index (χ3n) is 4.39. The van der Waals surface area contributed by atoms with Crippen molar-refractivity contribution < 1.29 is 9.47 Å². The van der Waals surface area contributed by atoms with Gasteiger partial charge in [0.1, 0.15) is 11.5 Å². The van der Waals surface area contributed by atoms with Gasteiger partial charge in [-0.3, -0.25) is 4.99 Å². The minimum atomic E-state index is 0.369. The lowest BCUT2D eigenvalue weighted by Crippen LogP contribution is -2.23. The van der Waals surface area contributed by atoms with Gasteiger partial charge in [0.15, 0.2) is 5.96 Å². The highest BCUT2D eigenvalue weighted by molar-refractivity contribution is 5.94. The first kappa shape index (κ1) is 19.6. The number of para-hydroxylation sites is 1. The predicted molar refractivity (Wildman–Crippen MR) is 116 cm³/mol. The fourth-order valence-corrected chi connectivity index (χ4v) is 3.13. The normalized spacial score (nSPS) is 11.6. The number of fused-ring (bicyclic) bond motifs is 1. The van der Waals surface area contributed by atoms with Gasteiger partial charge in [0, 0.05) is 29.7 Å². The molecule has 0 fully saturated rings. The number of aromatic nitrogens is 1. The second kappa shape index (κ2) is 9.69. The Morgan fingerprint density at radius 1 is 1.11 bits per heavy atom. The van der Waals surface area contributed by atoms with Crippen molar-refractivity contribution in [2.24, 2.45) is 10.7 Å². The molecule has 148 valence electrons. The number of hydrogen-bond acceptors (Lipinski definition) is 3. The first-order valence-corrected chi connectivity index (χ1v) is 9.72. The number of nitrogens with two attached hydrogens (primary N) is 1. The van der Waals surface area contributed by atoms with E-state index in [0.717, 1.165) is 30.0 Å². The standard InChI is InChI=1S/C22H28N4O2/c1-3-27-17-11-12-21(28-4-2)20(14-17)26-22(23)24-13-7-8-16-15-25-19-10-6-5-9-18(16)19/h5-6,9-12,14-15,25H,3-4,7-8,13H2,1-2H3,(H3,23,24,26). The van der Waals surface area contributed by atoms with Crippen LogP contribution < -0.4 is 20.5 Å². The van der Waals surface area contributed by atoms with Crippen LogP contribution in [0.4, 0.5) is 5.69 Å². The van der Waals surface area contributed by atoms with Crippen LogP contribution in [0.15, 0.2) is 53.7 Å². The molecule has 0 aliphatic heterocycles. The van der Waals surface area contributed by atoms with Gasteiger partial charge in [-0.2, -0.15) is 0 Å². The van der Waals surface area contributed by atoms with E-state index in [4.69, 9.17) is 15.2 Å². The van der Waals surface area contributed by atoms with E-state index in [0.29, 0.717) is 25.7 Å². The summed E-state index contributed by atoms with van der Waals surface area (Å²) in [4.78, 5) is 7.76. The first-order valence-electron chi connectivity index (χ1n) is 9.72. The molecule has 0 bridgehead atoms. The summed E-state index contributed by atoms with van der Waals surface area (Å²) < 4.78 is 11.2. The highest BCUT2D eigenvalue weighted by Crippen LogP contribution is 2.29. The maximum Gasteiger partial charge on any atom is 0.193 e. The Balaban J connectivity index is 1.58. The molecule has 1 heterocycles. The Morgan fingerprint density at radius 3 is 2.75 bits per heavy atom. The Labute approximate surface area is 165 Å². The largest absolute Gasteiger partial charge is 0.494 e. The third kappa shape index (κ3) is 4.97. The number of benzene rings is 2. The van der Waals surface area contributed by atoms with Crippen molar-refractivity contribution in [2.45, 2.75) is 26.7 Å². The number of guanidine groups is 1. The number of aliphatic imine (C=N–C) groups is 1. The molecule has 0 radical (unpaired) electrons. The molecule has 3 rings (SSSR count). The Hall–Kier alpha value is -3.15. The quantitative estimate of drug-likeness (QED) is 0.293. The van der Waals surface area contributed by atoms with E-state index in [-0.39, 0.29) is 0 Å². The number of hydrogen-bond donors (Lipinski definition) is 3. The van der Waals surface area contributed by atoms with Crippen LogP contribution in [-0.2, 0) is 6.42 Å². The molecule has 0 unspecified atom stereocenters. The lowest BCUT2D eigenvalue weighted by atomic mass is 10.1. The lowest BCUT2D eigenvalue weighted by Gasteiger charge is -2.14. The van der Waals surface area contributed by atoms with Crippen molar-refractivity contribution in [3.63, 3.8) is 0 Å². The van der Waals surface area contributed by atoms with E-state index < -0.39 is 0 Å². The predicted octanol–water partition coefficient (Wildman–Crippen LogP) is 4.32. The number of anilines is 1. The van der Waals surface area contributed by atoms with Gasteiger partial charge in [-0.05, 0) is 50.5 Å². The highest BCUT2D eigenvalue weighted by atomic mass is 16.5. The molecular weight excluding hydrogens is 352 g/mol. The van der Waals surface area contributed by atoms with Crippen molar-refractivity contribution in [1.82, 2.24) is 4.98 Å². The summed E-state index contributed by atoms with van der Waals surface area (Å²) in [5.74, 6) is 1.86. The maximum absolute atomic E-state index is 6.08. The molecule has 6 nitrogen and oxygen atoms in total. The van der Waals surface area contributed by atoms with Crippen LogP contribution in [0.1, 0.15) is 25.8 Å². The van der Waals surface area contributed by atoms with Crippen molar-refractivity contribution in [1.29, 1.82) is 0 Å². The molecule has 3 aromatic rings. The maximum atomic E-state index is 6.08. The number of H-pyrrole nitrogens is 1. The minimum absolute atomic E-state index is 0.369. The van der Waals surface area contributed by atoms with Crippen molar-refractivity contribution in [3.8, 4) is 11.5 Å². The highest BCUT2D eigenvalue weighted by Gasteiger charge is 2.07. The smallest absolute Gasteiger partial charge is 0.193 e. The van der Waals surface area contributed by atoms with Gasteiger partial charge in [0.2, 0.25) is 0 Å². The van der Waals surface area contributed by atoms with Crippen LogP contribution in [0.2, 0.25) is 0 Å². The fraction of sp³-hybridized carbons (Fsp3) is 0.318. The third-order valence-corrected chi connectivity index (χ3v) is 4.39. The number of nitrogens with one attached hydrogen (secondary N) is 2. The second-order valence-corrected chi connectivity index (χ2v) is 6.38. The molecular formula is C22H28N4O2. The Bertz CT molecular complexity index is 933. The Morgan fingerprint density at radius 2 is 1.93 bits per heavy atom. The van der Waals surface area contributed by atoms with E-state index >= 15 is 0 Å². The van der Waals surface area contributed by atoms with Gasteiger partial charge in [0.05, 0.1) is 18.9 Å². The molecule has 4 N–H and O–H groups in total. The molecule has 0 aliphatic carbocycles.